The van der Waals surface area contributed by atoms with E-state index in [0.29, 0.717) is 10.1 Å². The Hall–Kier alpha value is -3.11. The number of carbonyl (C=O) groups is 1. The molecule has 1 aliphatic rings. The van der Waals surface area contributed by atoms with Gasteiger partial charge in [0.2, 0.25) is 0 Å². The first-order valence-corrected chi connectivity index (χ1v) is 9.10. The highest BCUT2D eigenvalue weighted by molar-refractivity contribution is 8.18. The van der Waals surface area contributed by atoms with Crippen molar-refractivity contribution in [1.29, 1.82) is 0 Å². The number of hydrogen-bond donors (Lipinski definition) is 1. The van der Waals surface area contributed by atoms with Crippen LogP contribution in [0.1, 0.15) is 5.56 Å². The Morgan fingerprint density at radius 3 is 2.27 bits per heavy atom. The van der Waals surface area contributed by atoms with Crippen molar-refractivity contribution in [3.8, 4) is 11.1 Å². The minimum absolute atomic E-state index is 0.116. The fourth-order valence-corrected chi connectivity index (χ4v) is 3.53. The highest BCUT2D eigenvalue weighted by atomic mass is 32.2. The number of nitrogens with one attached hydrogen (secondary N) is 1. The van der Waals surface area contributed by atoms with E-state index in [2.05, 4.69) is 34.6 Å². The molecule has 0 bridgehead atoms. The van der Waals surface area contributed by atoms with Gasteiger partial charge in [-0.25, -0.2) is 4.99 Å². The summed E-state index contributed by atoms with van der Waals surface area (Å²) in [5.74, 6) is -0.116. The molecule has 0 unspecified atom stereocenters. The van der Waals surface area contributed by atoms with Gasteiger partial charge in [-0.1, -0.05) is 66.7 Å². The normalized spacial score (nSPS) is 16.8. The van der Waals surface area contributed by atoms with Crippen molar-refractivity contribution in [3.05, 3.63) is 95.4 Å². The standard InChI is InChI=1S/C22H16N2OS/c25-21-20(26-22(24-21)23-19-12-5-2-6-13-19)15-16-8-7-11-18(14-16)17-9-3-1-4-10-17/h1-15H,(H,23,24,25). The summed E-state index contributed by atoms with van der Waals surface area (Å²) < 4.78 is 0. The number of rotatable bonds is 3. The molecule has 126 valence electrons. The topological polar surface area (TPSA) is 41.5 Å². The van der Waals surface area contributed by atoms with Crippen LogP contribution in [0.2, 0.25) is 0 Å². The third-order valence-electron chi connectivity index (χ3n) is 3.93. The number of carbonyl (C=O) groups excluding carboxylic acids is 1. The van der Waals surface area contributed by atoms with E-state index in [1.807, 2.05) is 66.7 Å². The van der Waals surface area contributed by atoms with Crippen molar-refractivity contribution in [2.24, 2.45) is 4.99 Å². The minimum atomic E-state index is -0.116. The summed E-state index contributed by atoms with van der Waals surface area (Å²) in [7, 11) is 0. The van der Waals surface area contributed by atoms with Gasteiger partial charge in [-0.05, 0) is 52.7 Å². The summed E-state index contributed by atoms with van der Waals surface area (Å²) in [5.41, 5.74) is 4.09. The average Bonchev–Trinajstić information content (AvgIpc) is 3.02. The van der Waals surface area contributed by atoms with Crippen LogP contribution >= 0.6 is 11.8 Å². The number of aliphatic imine (C=N–C) groups is 1. The number of para-hydroxylation sites is 1. The fourth-order valence-electron chi connectivity index (χ4n) is 2.69. The van der Waals surface area contributed by atoms with E-state index < -0.39 is 0 Å². The Bertz CT molecular complexity index is 995. The smallest absolute Gasteiger partial charge is 0.264 e. The summed E-state index contributed by atoms with van der Waals surface area (Å²) in [4.78, 5) is 17.4. The van der Waals surface area contributed by atoms with E-state index in [4.69, 9.17) is 0 Å². The molecule has 26 heavy (non-hydrogen) atoms. The Balaban J connectivity index is 1.59. The highest BCUT2D eigenvalue weighted by Gasteiger charge is 2.23. The molecule has 3 nitrogen and oxygen atoms in total. The maximum Gasteiger partial charge on any atom is 0.264 e. The van der Waals surface area contributed by atoms with Crippen LogP contribution in [0, 0.1) is 0 Å². The molecule has 0 aliphatic carbocycles. The van der Waals surface area contributed by atoms with Gasteiger partial charge in [-0.15, -0.1) is 0 Å². The van der Waals surface area contributed by atoms with Crippen LogP contribution in [-0.4, -0.2) is 11.1 Å². The second kappa shape index (κ2) is 7.42. The van der Waals surface area contributed by atoms with Crippen LogP contribution in [0.4, 0.5) is 5.69 Å². The molecular weight excluding hydrogens is 340 g/mol. The van der Waals surface area contributed by atoms with Gasteiger partial charge in [0.05, 0.1) is 10.6 Å². The number of amidine groups is 1. The molecular formula is C22H16N2OS. The van der Waals surface area contributed by atoms with Crippen LogP contribution in [-0.2, 0) is 4.79 Å². The molecule has 1 N–H and O–H groups in total. The molecule has 3 aromatic carbocycles. The summed E-state index contributed by atoms with van der Waals surface area (Å²) in [5, 5.41) is 3.43. The third kappa shape index (κ3) is 3.76. The molecule has 0 atom stereocenters. The summed E-state index contributed by atoms with van der Waals surface area (Å²) in [6, 6.07) is 28.0. The molecule has 1 aliphatic heterocycles. The first kappa shape index (κ1) is 16.4. The fraction of sp³-hybridized carbons (Fsp3) is 0. The first-order valence-electron chi connectivity index (χ1n) is 8.28. The SMILES string of the molecule is O=C1NC(=Nc2ccccc2)SC1=Cc1cccc(-c2ccccc2)c1. The van der Waals surface area contributed by atoms with Crippen molar-refractivity contribution in [2.75, 3.05) is 0 Å². The van der Waals surface area contributed by atoms with Gasteiger partial charge in [0.25, 0.3) is 5.91 Å². The average molecular weight is 356 g/mol. The summed E-state index contributed by atoms with van der Waals surface area (Å²) >= 11 is 1.36. The number of amides is 1. The molecule has 3 aromatic rings. The van der Waals surface area contributed by atoms with E-state index >= 15 is 0 Å². The van der Waals surface area contributed by atoms with Crippen LogP contribution < -0.4 is 5.32 Å². The number of thioether (sulfide) groups is 1. The lowest BCUT2D eigenvalue weighted by Gasteiger charge is -2.03. The van der Waals surface area contributed by atoms with Crippen LogP contribution in [0.5, 0.6) is 0 Å². The van der Waals surface area contributed by atoms with Crippen molar-refractivity contribution < 1.29 is 4.79 Å². The van der Waals surface area contributed by atoms with Gasteiger partial charge in [0.1, 0.15) is 0 Å². The monoisotopic (exact) mass is 356 g/mol. The molecule has 1 fully saturated rings. The zero-order chi connectivity index (χ0) is 17.8. The number of hydrogen-bond acceptors (Lipinski definition) is 3. The minimum Gasteiger partial charge on any atom is -0.300 e. The predicted octanol–water partition coefficient (Wildman–Crippen LogP) is 5.25. The van der Waals surface area contributed by atoms with Crippen molar-refractivity contribution in [3.63, 3.8) is 0 Å². The van der Waals surface area contributed by atoms with E-state index in [-0.39, 0.29) is 5.91 Å². The molecule has 1 saturated heterocycles. The summed E-state index contributed by atoms with van der Waals surface area (Å²) in [6.07, 6.45) is 1.90. The zero-order valence-electron chi connectivity index (χ0n) is 13.9. The highest BCUT2D eigenvalue weighted by Crippen LogP contribution is 2.29. The van der Waals surface area contributed by atoms with E-state index in [9.17, 15) is 4.79 Å². The van der Waals surface area contributed by atoms with Gasteiger partial charge in [0.15, 0.2) is 5.17 Å². The van der Waals surface area contributed by atoms with Crippen LogP contribution in [0.15, 0.2) is 94.8 Å². The Kier molecular flexibility index (Phi) is 4.67. The van der Waals surface area contributed by atoms with Gasteiger partial charge < -0.3 is 5.32 Å². The van der Waals surface area contributed by atoms with E-state index in [1.165, 1.54) is 11.8 Å². The molecule has 1 heterocycles. The maximum atomic E-state index is 12.3. The molecule has 4 heteroatoms. The molecule has 0 aromatic heterocycles. The Morgan fingerprint density at radius 2 is 1.50 bits per heavy atom. The molecule has 4 rings (SSSR count). The van der Waals surface area contributed by atoms with E-state index in [1.54, 1.807) is 0 Å². The van der Waals surface area contributed by atoms with E-state index in [0.717, 1.165) is 22.4 Å². The predicted molar refractivity (Wildman–Crippen MR) is 109 cm³/mol. The maximum absolute atomic E-state index is 12.3. The lowest BCUT2D eigenvalue weighted by atomic mass is 10.0. The van der Waals surface area contributed by atoms with Gasteiger partial charge in [-0.3, -0.25) is 4.79 Å². The zero-order valence-corrected chi connectivity index (χ0v) is 14.7. The largest absolute Gasteiger partial charge is 0.300 e. The van der Waals surface area contributed by atoms with Gasteiger partial charge in [0, 0.05) is 0 Å². The first-order chi connectivity index (χ1) is 12.8. The second-order valence-corrected chi connectivity index (χ2v) is 6.84. The van der Waals surface area contributed by atoms with Crippen molar-refractivity contribution >= 4 is 34.6 Å². The van der Waals surface area contributed by atoms with Crippen LogP contribution in [0.25, 0.3) is 17.2 Å². The lowest BCUT2D eigenvalue weighted by Crippen LogP contribution is -2.19. The Labute approximate surface area is 156 Å². The second-order valence-electron chi connectivity index (χ2n) is 5.81. The quantitative estimate of drug-likeness (QED) is 0.652. The molecule has 0 radical (unpaired) electrons. The molecule has 1 amide bonds. The van der Waals surface area contributed by atoms with Crippen LogP contribution in [0.3, 0.4) is 0 Å². The number of nitrogens with zero attached hydrogens (tertiary/aromatic N) is 1. The van der Waals surface area contributed by atoms with Crippen molar-refractivity contribution in [2.45, 2.75) is 0 Å². The third-order valence-corrected chi connectivity index (χ3v) is 4.84. The molecule has 0 spiro atoms. The summed E-state index contributed by atoms with van der Waals surface area (Å²) in [6.45, 7) is 0. The molecule has 0 saturated carbocycles. The Morgan fingerprint density at radius 1 is 0.808 bits per heavy atom. The lowest BCUT2D eigenvalue weighted by molar-refractivity contribution is -0.115. The van der Waals surface area contributed by atoms with Crippen molar-refractivity contribution in [1.82, 2.24) is 5.32 Å². The van der Waals surface area contributed by atoms with Gasteiger partial charge >= 0.3 is 0 Å². The van der Waals surface area contributed by atoms with Gasteiger partial charge in [-0.2, -0.15) is 0 Å². The number of benzene rings is 3.